The lowest BCUT2D eigenvalue weighted by Crippen LogP contribution is -2.47. The quantitative estimate of drug-likeness (QED) is 0.906. The first-order valence-corrected chi connectivity index (χ1v) is 8.65. The Morgan fingerprint density at radius 3 is 2.68 bits per heavy atom. The van der Waals surface area contributed by atoms with E-state index in [1.807, 2.05) is 25.1 Å². The molecule has 1 aliphatic rings. The lowest BCUT2D eigenvalue weighted by molar-refractivity contribution is -0.143. The second-order valence-corrected chi connectivity index (χ2v) is 6.62. The summed E-state index contributed by atoms with van der Waals surface area (Å²) in [5, 5.41) is 13.6. The van der Waals surface area contributed by atoms with Crippen LogP contribution in [0.2, 0.25) is 0 Å². The Kier molecular flexibility index (Phi) is 5.16. The Labute approximate surface area is 147 Å². The monoisotopic (exact) mass is 341 g/mol. The normalized spacial score (nSPS) is 20.4. The fourth-order valence-electron chi connectivity index (χ4n) is 3.23. The number of aromatic nitrogens is 2. The number of carbonyl (C=O) groups is 2. The molecule has 1 fully saturated rings. The molecule has 6 heteroatoms. The zero-order valence-corrected chi connectivity index (χ0v) is 14.3. The largest absolute Gasteiger partial charge is 0.481 e. The van der Waals surface area contributed by atoms with Gasteiger partial charge in [0.05, 0.1) is 5.92 Å². The molecule has 2 unspecified atom stereocenters. The van der Waals surface area contributed by atoms with Crippen molar-refractivity contribution >= 4 is 11.9 Å². The standard InChI is InChI=1S/C19H23N3O3/c1-14-7-8-16(19(24)25)13-22(14)18(23)17-10-12-21(20-17)11-9-15-5-3-2-4-6-15/h2-6,10,12,14,16H,7-9,11,13H2,1H3,(H,24,25). The van der Waals surface area contributed by atoms with Gasteiger partial charge in [0.1, 0.15) is 5.69 Å². The van der Waals surface area contributed by atoms with E-state index in [4.69, 9.17) is 0 Å². The first-order valence-electron chi connectivity index (χ1n) is 8.65. The van der Waals surface area contributed by atoms with E-state index in [1.165, 1.54) is 5.56 Å². The van der Waals surface area contributed by atoms with E-state index >= 15 is 0 Å². The van der Waals surface area contributed by atoms with Crippen LogP contribution in [0.1, 0.15) is 35.8 Å². The third-order valence-corrected chi connectivity index (χ3v) is 4.82. The van der Waals surface area contributed by atoms with Gasteiger partial charge in [-0.1, -0.05) is 30.3 Å². The molecular formula is C19H23N3O3. The lowest BCUT2D eigenvalue weighted by atomic mass is 9.93. The molecule has 2 heterocycles. The van der Waals surface area contributed by atoms with Crippen LogP contribution in [0, 0.1) is 5.92 Å². The van der Waals surface area contributed by atoms with E-state index in [1.54, 1.807) is 21.8 Å². The van der Waals surface area contributed by atoms with E-state index in [0.717, 1.165) is 6.42 Å². The molecule has 1 amide bonds. The Balaban J connectivity index is 1.64. The van der Waals surface area contributed by atoms with Crippen molar-refractivity contribution in [2.24, 2.45) is 5.92 Å². The van der Waals surface area contributed by atoms with Crippen LogP contribution in [0.5, 0.6) is 0 Å². The molecule has 1 aliphatic heterocycles. The average molecular weight is 341 g/mol. The molecule has 0 spiro atoms. The minimum Gasteiger partial charge on any atom is -0.481 e. The van der Waals surface area contributed by atoms with E-state index in [2.05, 4.69) is 17.2 Å². The number of likely N-dealkylation sites (tertiary alicyclic amines) is 1. The van der Waals surface area contributed by atoms with Gasteiger partial charge in [0.2, 0.25) is 0 Å². The van der Waals surface area contributed by atoms with Crippen molar-refractivity contribution in [2.45, 2.75) is 38.8 Å². The third-order valence-electron chi connectivity index (χ3n) is 4.82. The van der Waals surface area contributed by atoms with E-state index in [0.29, 0.717) is 25.1 Å². The van der Waals surface area contributed by atoms with Crippen molar-refractivity contribution in [1.29, 1.82) is 0 Å². The van der Waals surface area contributed by atoms with Gasteiger partial charge in [0, 0.05) is 25.3 Å². The molecular weight excluding hydrogens is 318 g/mol. The molecule has 1 aromatic heterocycles. The van der Waals surface area contributed by atoms with Gasteiger partial charge in [0.15, 0.2) is 0 Å². The summed E-state index contributed by atoms with van der Waals surface area (Å²) in [5.41, 5.74) is 1.60. The summed E-state index contributed by atoms with van der Waals surface area (Å²) in [6.07, 6.45) is 3.97. The highest BCUT2D eigenvalue weighted by molar-refractivity contribution is 5.92. The number of aryl methyl sites for hydroxylation is 2. The predicted molar refractivity (Wildman–Crippen MR) is 93.2 cm³/mol. The predicted octanol–water partition coefficient (Wildman–Crippen LogP) is 2.45. The highest BCUT2D eigenvalue weighted by Crippen LogP contribution is 2.23. The zero-order chi connectivity index (χ0) is 17.8. The summed E-state index contributed by atoms with van der Waals surface area (Å²) in [4.78, 5) is 25.6. The smallest absolute Gasteiger partial charge is 0.308 e. The summed E-state index contributed by atoms with van der Waals surface area (Å²) >= 11 is 0. The first-order chi connectivity index (χ1) is 12.0. The van der Waals surface area contributed by atoms with Gasteiger partial charge in [-0.3, -0.25) is 14.3 Å². The fraction of sp³-hybridized carbons (Fsp3) is 0.421. The topological polar surface area (TPSA) is 75.4 Å². The number of carbonyl (C=O) groups excluding carboxylic acids is 1. The minimum absolute atomic E-state index is 0.0394. The number of hydrogen-bond donors (Lipinski definition) is 1. The molecule has 2 atom stereocenters. The van der Waals surface area contributed by atoms with E-state index in [9.17, 15) is 14.7 Å². The van der Waals surface area contributed by atoms with Crippen LogP contribution in [-0.2, 0) is 17.8 Å². The molecule has 1 N–H and O–H groups in total. The second-order valence-electron chi connectivity index (χ2n) is 6.62. The SMILES string of the molecule is CC1CCC(C(=O)O)CN1C(=O)c1ccn(CCc2ccccc2)n1. The van der Waals surface area contributed by atoms with Gasteiger partial charge < -0.3 is 10.0 Å². The number of carboxylic acids is 1. The maximum atomic E-state index is 12.7. The molecule has 1 aromatic carbocycles. The molecule has 25 heavy (non-hydrogen) atoms. The number of rotatable bonds is 5. The number of piperidine rings is 1. The van der Waals surface area contributed by atoms with Crippen molar-refractivity contribution in [1.82, 2.24) is 14.7 Å². The number of benzene rings is 1. The number of amides is 1. The number of aliphatic carboxylic acids is 1. The van der Waals surface area contributed by atoms with Crippen molar-refractivity contribution in [2.75, 3.05) is 6.54 Å². The average Bonchev–Trinajstić information content (AvgIpc) is 3.09. The first kappa shape index (κ1) is 17.2. The van der Waals surface area contributed by atoms with Gasteiger partial charge in [0.25, 0.3) is 5.91 Å². The fourth-order valence-corrected chi connectivity index (χ4v) is 3.23. The third kappa shape index (κ3) is 4.07. The van der Waals surface area contributed by atoms with Gasteiger partial charge in [-0.25, -0.2) is 0 Å². The summed E-state index contributed by atoms with van der Waals surface area (Å²) in [5.74, 6) is -1.50. The van der Waals surface area contributed by atoms with Crippen LogP contribution < -0.4 is 0 Å². The van der Waals surface area contributed by atoms with Gasteiger partial charge in [-0.15, -0.1) is 0 Å². The van der Waals surface area contributed by atoms with Crippen molar-refractivity contribution in [3.05, 3.63) is 53.9 Å². The van der Waals surface area contributed by atoms with Crippen LogP contribution in [0.25, 0.3) is 0 Å². The van der Waals surface area contributed by atoms with Crippen LogP contribution in [0.3, 0.4) is 0 Å². The zero-order valence-electron chi connectivity index (χ0n) is 14.3. The van der Waals surface area contributed by atoms with Gasteiger partial charge >= 0.3 is 5.97 Å². The van der Waals surface area contributed by atoms with E-state index < -0.39 is 11.9 Å². The molecule has 0 bridgehead atoms. The highest BCUT2D eigenvalue weighted by atomic mass is 16.4. The van der Waals surface area contributed by atoms with Gasteiger partial charge in [-0.05, 0) is 37.8 Å². The Morgan fingerprint density at radius 2 is 1.96 bits per heavy atom. The number of nitrogens with zero attached hydrogens (tertiary/aromatic N) is 3. The van der Waals surface area contributed by atoms with Crippen molar-refractivity contribution in [3.8, 4) is 0 Å². The molecule has 1 saturated heterocycles. The molecule has 2 aromatic rings. The van der Waals surface area contributed by atoms with Crippen molar-refractivity contribution in [3.63, 3.8) is 0 Å². The molecule has 6 nitrogen and oxygen atoms in total. The summed E-state index contributed by atoms with van der Waals surface area (Å²) < 4.78 is 1.77. The lowest BCUT2D eigenvalue weighted by Gasteiger charge is -2.36. The molecule has 0 saturated carbocycles. The van der Waals surface area contributed by atoms with Crippen molar-refractivity contribution < 1.29 is 14.7 Å². The summed E-state index contributed by atoms with van der Waals surface area (Å²) in [6.45, 7) is 2.92. The maximum absolute atomic E-state index is 12.7. The minimum atomic E-state index is -0.835. The van der Waals surface area contributed by atoms with Crippen LogP contribution >= 0.6 is 0 Å². The highest BCUT2D eigenvalue weighted by Gasteiger charge is 2.33. The van der Waals surface area contributed by atoms with Crippen LogP contribution in [0.15, 0.2) is 42.6 Å². The molecule has 3 rings (SSSR count). The van der Waals surface area contributed by atoms with Gasteiger partial charge in [-0.2, -0.15) is 5.10 Å². The Hall–Kier alpha value is -2.63. The van der Waals surface area contributed by atoms with E-state index in [-0.39, 0.29) is 18.5 Å². The van der Waals surface area contributed by atoms with Crippen LogP contribution in [-0.4, -0.2) is 44.3 Å². The number of carboxylic acid groups (broad SMARTS) is 1. The molecule has 0 aliphatic carbocycles. The summed E-state index contributed by atoms with van der Waals surface area (Å²) in [7, 11) is 0. The molecule has 0 radical (unpaired) electrons. The Morgan fingerprint density at radius 1 is 1.20 bits per heavy atom. The van der Waals surface area contributed by atoms with Crippen LogP contribution in [0.4, 0.5) is 0 Å². The second kappa shape index (κ2) is 7.51. The summed E-state index contributed by atoms with van der Waals surface area (Å²) in [6, 6.07) is 11.9. The number of hydrogen-bond acceptors (Lipinski definition) is 3. The maximum Gasteiger partial charge on any atom is 0.308 e. The Bertz CT molecular complexity index is 741. The molecule has 132 valence electrons.